The van der Waals surface area contributed by atoms with Crippen LogP contribution in [0.5, 0.6) is 0 Å². The maximum atomic E-state index is 13.0. The van der Waals surface area contributed by atoms with E-state index in [0.717, 1.165) is 11.5 Å². The Bertz CT molecular complexity index is 1300. The van der Waals surface area contributed by atoms with Crippen LogP contribution in [0.15, 0.2) is 51.8 Å². The van der Waals surface area contributed by atoms with Crippen LogP contribution in [0.25, 0.3) is 11.0 Å². The van der Waals surface area contributed by atoms with E-state index in [1.54, 1.807) is 25.1 Å². The maximum absolute atomic E-state index is 13.0. The van der Waals surface area contributed by atoms with Crippen molar-refractivity contribution in [3.63, 3.8) is 0 Å². The number of halogens is 1. The predicted molar refractivity (Wildman–Crippen MR) is 114 cm³/mol. The van der Waals surface area contributed by atoms with Gasteiger partial charge in [0.15, 0.2) is 5.76 Å². The lowest BCUT2D eigenvalue weighted by atomic mass is 10.1. The number of piperazine rings is 1. The van der Waals surface area contributed by atoms with E-state index in [1.807, 2.05) is 0 Å². The van der Waals surface area contributed by atoms with Gasteiger partial charge in [0.05, 0.1) is 9.82 Å². The fraction of sp³-hybridized carbons (Fsp3) is 0.250. The molecule has 162 valence electrons. The molecule has 0 N–H and O–H groups in total. The Morgan fingerprint density at radius 3 is 2.52 bits per heavy atom. The van der Waals surface area contributed by atoms with Crippen molar-refractivity contribution >= 4 is 44.2 Å². The largest absolute Gasteiger partial charge is 0.451 e. The van der Waals surface area contributed by atoms with E-state index in [9.17, 15) is 23.3 Å². The zero-order chi connectivity index (χ0) is 22.3. The fourth-order valence-corrected chi connectivity index (χ4v) is 5.21. The Hall–Kier alpha value is -2.95. The summed E-state index contributed by atoms with van der Waals surface area (Å²) in [6.45, 7) is 2.26. The lowest BCUT2D eigenvalue weighted by molar-refractivity contribution is -0.385. The van der Waals surface area contributed by atoms with Crippen LogP contribution in [0, 0.1) is 17.0 Å². The molecule has 0 spiro atoms. The summed E-state index contributed by atoms with van der Waals surface area (Å²) >= 11 is 6.03. The molecule has 0 radical (unpaired) electrons. The molecule has 1 aliphatic rings. The molecule has 31 heavy (non-hydrogen) atoms. The highest BCUT2D eigenvalue weighted by Gasteiger charge is 2.32. The predicted octanol–water partition coefficient (Wildman–Crippen LogP) is 3.45. The second kappa shape index (κ2) is 7.95. The molecule has 0 bridgehead atoms. The first-order chi connectivity index (χ1) is 14.7. The van der Waals surface area contributed by atoms with E-state index >= 15 is 0 Å². The molecule has 0 saturated carbocycles. The number of furan rings is 1. The van der Waals surface area contributed by atoms with E-state index in [1.165, 1.54) is 27.4 Å². The van der Waals surface area contributed by atoms with E-state index in [2.05, 4.69) is 0 Å². The molecule has 2 aromatic carbocycles. The van der Waals surface area contributed by atoms with Gasteiger partial charge in [-0.3, -0.25) is 14.9 Å². The minimum atomic E-state index is -3.91. The van der Waals surface area contributed by atoms with Crippen LogP contribution >= 0.6 is 11.6 Å². The highest BCUT2D eigenvalue weighted by atomic mass is 35.5. The number of fused-ring (bicyclic) bond motifs is 1. The number of hydrogen-bond acceptors (Lipinski definition) is 6. The number of carbonyl (C=O) groups excluding carboxylic acids is 1. The smallest absolute Gasteiger partial charge is 0.289 e. The van der Waals surface area contributed by atoms with Crippen LogP contribution < -0.4 is 0 Å². The Kier molecular flexibility index (Phi) is 5.46. The molecule has 1 amide bonds. The first-order valence-electron chi connectivity index (χ1n) is 9.41. The molecule has 1 aliphatic heterocycles. The van der Waals surface area contributed by atoms with E-state index in [4.69, 9.17) is 16.0 Å². The monoisotopic (exact) mass is 463 g/mol. The zero-order valence-corrected chi connectivity index (χ0v) is 18.0. The average Bonchev–Trinajstić information content (AvgIpc) is 3.09. The molecule has 2 heterocycles. The normalized spacial score (nSPS) is 15.4. The van der Waals surface area contributed by atoms with Gasteiger partial charge in [-0.05, 0) is 31.2 Å². The zero-order valence-electron chi connectivity index (χ0n) is 16.4. The third-order valence-electron chi connectivity index (χ3n) is 5.28. The molecular formula is C20H18ClN3O6S. The summed E-state index contributed by atoms with van der Waals surface area (Å²) in [5.74, 6) is -0.121. The molecule has 0 atom stereocenters. The quantitative estimate of drug-likeness (QED) is 0.432. The molecule has 11 heteroatoms. The van der Waals surface area contributed by atoms with Gasteiger partial charge in [-0.1, -0.05) is 17.7 Å². The fourth-order valence-electron chi connectivity index (χ4n) is 3.58. The van der Waals surface area contributed by atoms with Gasteiger partial charge < -0.3 is 9.32 Å². The van der Waals surface area contributed by atoms with Crippen LogP contribution in [-0.2, 0) is 10.0 Å². The number of nitrogens with zero attached hydrogens (tertiary/aromatic N) is 3. The van der Waals surface area contributed by atoms with Gasteiger partial charge in [0.25, 0.3) is 11.6 Å². The van der Waals surface area contributed by atoms with Gasteiger partial charge >= 0.3 is 0 Å². The van der Waals surface area contributed by atoms with E-state index < -0.39 is 14.9 Å². The van der Waals surface area contributed by atoms with Crippen LogP contribution in [0.1, 0.15) is 16.1 Å². The highest BCUT2D eigenvalue weighted by Crippen LogP contribution is 2.29. The molecular weight excluding hydrogens is 446 g/mol. The number of benzene rings is 2. The molecule has 0 aliphatic carbocycles. The average molecular weight is 464 g/mol. The number of amides is 1. The molecule has 3 aromatic rings. The number of sulfonamides is 1. The first-order valence-corrected chi connectivity index (χ1v) is 11.2. The number of rotatable bonds is 4. The molecule has 9 nitrogen and oxygen atoms in total. The molecule has 1 aromatic heterocycles. The Morgan fingerprint density at radius 2 is 1.84 bits per heavy atom. The Balaban J connectivity index is 1.51. The van der Waals surface area contributed by atoms with Gasteiger partial charge in [0.1, 0.15) is 5.58 Å². The number of carbonyl (C=O) groups is 1. The summed E-state index contributed by atoms with van der Waals surface area (Å²) in [5, 5.41) is 12.2. The van der Waals surface area contributed by atoms with Crippen molar-refractivity contribution in [3.05, 3.63) is 68.9 Å². The van der Waals surface area contributed by atoms with Crippen LogP contribution in [0.3, 0.4) is 0 Å². The van der Waals surface area contributed by atoms with E-state index in [0.29, 0.717) is 16.2 Å². The van der Waals surface area contributed by atoms with Crippen molar-refractivity contribution < 1.29 is 22.6 Å². The van der Waals surface area contributed by atoms with Gasteiger partial charge in [-0.25, -0.2) is 8.42 Å². The Labute approximate surface area is 183 Å². The topological polar surface area (TPSA) is 114 Å². The number of hydrogen-bond donors (Lipinski definition) is 0. The molecule has 4 rings (SSSR count). The molecule has 0 unspecified atom stereocenters. The van der Waals surface area contributed by atoms with Gasteiger partial charge in [0.2, 0.25) is 10.0 Å². The number of nitro groups is 1. The second-order valence-electron chi connectivity index (χ2n) is 7.15. The minimum Gasteiger partial charge on any atom is -0.451 e. The Morgan fingerprint density at radius 1 is 1.13 bits per heavy atom. The van der Waals surface area contributed by atoms with Crippen LogP contribution in [0.2, 0.25) is 5.02 Å². The van der Waals surface area contributed by atoms with Crippen molar-refractivity contribution in [3.8, 4) is 0 Å². The summed E-state index contributed by atoms with van der Waals surface area (Å²) in [6, 6.07) is 10.0. The van der Waals surface area contributed by atoms with Crippen molar-refractivity contribution in [2.45, 2.75) is 11.8 Å². The lowest BCUT2D eigenvalue weighted by Crippen LogP contribution is -2.50. The number of non-ortho nitro benzene ring substituents is 1. The van der Waals surface area contributed by atoms with Crippen molar-refractivity contribution in [1.29, 1.82) is 0 Å². The SMILES string of the molecule is Cc1c(C(=O)N2CCN(S(=O)(=O)c3cccc([N+](=O)[O-])c3)CC2)oc2ccc(Cl)cc12. The summed E-state index contributed by atoms with van der Waals surface area (Å²) in [5.41, 5.74) is 0.932. The van der Waals surface area contributed by atoms with Crippen LogP contribution in [-0.4, -0.2) is 54.6 Å². The lowest BCUT2D eigenvalue weighted by Gasteiger charge is -2.33. The van der Waals surface area contributed by atoms with Gasteiger partial charge in [-0.2, -0.15) is 4.31 Å². The maximum Gasteiger partial charge on any atom is 0.289 e. The summed E-state index contributed by atoms with van der Waals surface area (Å²) in [6.07, 6.45) is 0. The summed E-state index contributed by atoms with van der Waals surface area (Å²) in [7, 11) is -3.91. The van der Waals surface area contributed by atoms with E-state index in [-0.39, 0.29) is 48.4 Å². The molecule has 1 saturated heterocycles. The van der Waals surface area contributed by atoms with Crippen LogP contribution in [0.4, 0.5) is 5.69 Å². The molecule has 1 fully saturated rings. The van der Waals surface area contributed by atoms with Crippen molar-refractivity contribution in [2.75, 3.05) is 26.2 Å². The van der Waals surface area contributed by atoms with Crippen molar-refractivity contribution in [2.24, 2.45) is 0 Å². The minimum absolute atomic E-state index is 0.0713. The number of aryl methyl sites for hydroxylation is 1. The highest BCUT2D eigenvalue weighted by molar-refractivity contribution is 7.89. The third kappa shape index (κ3) is 3.89. The first kappa shape index (κ1) is 21.3. The number of nitro benzene ring substituents is 1. The second-order valence-corrected chi connectivity index (χ2v) is 9.52. The van der Waals surface area contributed by atoms with Crippen molar-refractivity contribution in [1.82, 2.24) is 9.21 Å². The third-order valence-corrected chi connectivity index (χ3v) is 7.41. The van der Waals surface area contributed by atoms with Gasteiger partial charge in [-0.15, -0.1) is 0 Å². The summed E-state index contributed by atoms with van der Waals surface area (Å²) in [4.78, 5) is 24.7. The summed E-state index contributed by atoms with van der Waals surface area (Å²) < 4.78 is 32.7. The van der Waals surface area contributed by atoms with Gasteiger partial charge in [0, 0.05) is 54.3 Å². The standard InChI is InChI=1S/C20H18ClN3O6S/c1-13-17-11-14(21)5-6-18(17)30-19(13)20(25)22-7-9-23(10-8-22)31(28,29)16-4-2-3-15(12-16)24(26)27/h2-6,11-12H,7-10H2,1H3.